The monoisotopic (exact) mass is 701 g/mol. The Hall–Kier alpha value is -7.36. The molecule has 55 heavy (non-hydrogen) atoms. The molecule has 3 nitrogen and oxygen atoms in total. The minimum Gasteiger partial charge on any atom is -0.310 e. The molecule has 0 spiro atoms. The Morgan fingerprint density at radius 1 is 0.309 bits per heavy atom. The summed E-state index contributed by atoms with van der Waals surface area (Å²) in [6, 6.07) is 75.0. The van der Waals surface area contributed by atoms with E-state index in [4.69, 9.17) is 9.97 Å². The van der Waals surface area contributed by atoms with Crippen LogP contribution in [0, 0.1) is 0 Å². The second kappa shape index (κ2) is 13.9. The SMILES string of the molecule is c1ccc(-c2cc(-c3cc4c(-c5ccccc5)nc5cc(N(c6ccccc6)c6ccccc6)ccc5c4c4ccccc34)cc(-c3ccccc3)n2)cc1. The van der Waals surface area contributed by atoms with Gasteiger partial charge in [-0.2, -0.15) is 0 Å². The van der Waals surface area contributed by atoms with Gasteiger partial charge in [0.1, 0.15) is 0 Å². The zero-order valence-corrected chi connectivity index (χ0v) is 30.0. The molecule has 10 rings (SSSR count). The Labute approximate surface area is 320 Å². The van der Waals surface area contributed by atoms with Crippen molar-refractivity contribution in [1.29, 1.82) is 0 Å². The zero-order chi connectivity index (χ0) is 36.6. The Morgan fingerprint density at radius 3 is 1.36 bits per heavy atom. The van der Waals surface area contributed by atoms with E-state index < -0.39 is 0 Å². The van der Waals surface area contributed by atoms with Gasteiger partial charge >= 0.3 is 0 Å². The van der Waals surface area contributed by atoms with Crippen molar-refractivity contribution in [3.05, 3.63) is 212 Å². The number of para-hydroxylation sites is 2. The predicted molar refractivity (Wildman–Crippen MR) is 231 cm³/mol. The van der Waals surface area contributed by atoms with E-state index in [0.717, 1.165) is 78.3 Å². The van der Waals surface area contributed by atoms with Gasteiger partial charge in [0, 0.05) is 49.9 Å². The first-order valence-electron chi connectivity index (χ1n) is 18.7. The predicted octanol–water partition coefficient (Wildman–Crippen LogP) is 14.1. The number of benzene rings is 8. The fourth-order valence-corrected chi connectivity index (χ4v) is 7.85. The van der Waals surface area contributed by atoms with Crippen LogP contribution in [0.2, 0.25) is 0 Å². The molecule has 8 aromatic carbocycles. The van der Waals surface area contributed by atoms with Crippen molar-refractivity contribution in [2.75, 3.05) is 4.90 Å². The van der Waals surface area contributed by atoms with E-state index in [-0.39, 0.29) is 0 Å². The first kappa shape index (κ1) is 32.3. The smallest absolute Gasteiger partial charge is 0.0788 e. The van der Waals surface area contributed by atoms with Gasteiger partial charge in [-0.15, -0.1) is 0 Å². The van der Waals surface area contributed by atoms with Crippen molar-refractivity contribution in [3.63, 3.8) is 0 Å². The molecule has 0 aliphatic carbocycles. The number of pyridine rings is 2. The third-order valence-electron chi connectivity index (χ3n) is 10.4. The van der Waals surface area contributed by atoms with E-state index in [1.54, 1.807) is 0 Å². The number of anilines is 3. The molecular weight excluding hydrogens is 667 g/mol. The van der Waals surface area contributed by atoms with E-state index in [9.17, 15) is 0 Å². The van der Waals surface area contributed by atoms with Crippen LogP contribution in [0.3, 0.4) is 0 Å². The highest BCUT2D eigenvalue weighted by molar-refractivity contribution is 6.25. The van der Waals surface area contributed by atoms with Crippen LogP contribution in [0.25, 0.3) is 77.3 Å². The lowest BCUT2D eigenvalue weighted by molar-refractivity contribution is 1.28. The lowest BCUT2D eigenvalue weighted by Crippen LogP contribution is -2.09. The lowest BCUT2D eigenvalue weighted by atomic mass is 9.89. The Kier molecular flexibility index (Phi) is 8.16. The molecule has 0 bridgehead atoms. The molecule has 0 radical (unpaired) electrons. The molecule has 0 aliphatic rings. The number of nitrogens with zero attached hydrogens (tertiary/aromatic N) is 3. The first-order valence-corrected chi connectivity index (χ1v) is 18.7. The van der Waals surface area contributed by atoms with Gasteiger partial charge < -0.3 is 4.90 Å². The summed E-state index contributed by atoms with van der Waals surface area (Å²) in [4.78, 5) is 13.0. The van der Waals surface area contributed by atoms with Gasteiger partial charge in [-0.05, 0) is 76.5 Å². The molecule has 0 aliphatic heterocycles. The third kappa shape index (κ3) is 5.98. The van der Waals surface area contributed by atoms with Crippen LogP contribution in [0.4, 0.5) is 17.1 Å². The van der Waals surface area contributed by atoms with E-state index in [2.05, 4.69) is 217 Å². The van der Waals surface area contributed by atoms with Gasteiger partial charge in [0.15, 0.2) is 0 Å². The van der Waals surface area contributed by atoms with Gasteiger partial charge in [-0.25, -0.2) is 9.97 Å². The summed E-state index contributed by atoms with van der Waals surface area (Å²) in [5, 5.41) is 5.80. The van der Waals surface area contributed by atoms with Gasteiger partial charge in [-0.3, -0.25) is 0 Å². The molecule has 2 heterocycles. The molecule has 0 N–H and O–H groups in total. The van der Waals surface area contributed by atoms with Crippen molar-refractivity contribution >= 4 is 49.5 Å². The van der Waals surface area contributed by atoms with Crippen LogP contribution in [0.15, 0.2) is 212 Å². The van der Waals surface area contributed by atoms with E-state index in [1.807, 2.05) is 0 Å². The Bertz CT molecular complexity index is 2850. The summed E-state index contributed by atoms with van der Waals surface area (Å²) in [5.41, 5.74) is 12.5. The molecule has 0 atom stereocenters. The third-order valence-corrected chi connectivity index (χ3v) is 10.4. The van der Waals surface area contributed by atoms with Gasteiger partial charge in [-0.1, -0.05) is 158 Å². The number of hydrogen-bond acceptors (Lipinski definition) is 3. The highest BCUT2D eigenvalue weighted by Gasteiger charge is 2.20. The second-order valence-electron chi connectivity index (χ2n) is 13.8. The van der Waals surface area contributed by atoms with Crippen molar-refractivity contribution in [2.24, 2.45) is 0 Å². The highest BCUT2D eigenvalue weighted by atomic mass is 15.1. The Morgan fingerprint density at radius 2 is 0.800 bits per heavy atom. The minimum absolute atomic E-state index is 0.940. The molecule has 0 amide bonds. The summed E-state index contributed by atoms with van der Waals surface area (Å²) < 4.78 is 0. The second-order valence-corrected chi connectivity index (χ2v) is 13.8. The van der Waals surface area contributed by atoms with Crippen LogP contribution >= 0.6 is 0 Å². The summed E-state index contributed by atoms with van der Waals surface area (Å²) in [6.07, 6.45) is 0. The number of rotatable bonds is 7. The molecule has 0 saturated heterocycles. The molecule has 0 unspecified atom stereocenters. The van der Waals surface area contributed by atoms with Crippen molar-refractivity contribution in [3.8, 4) is 44.9 Å². The quantitative estimate of drug-likeness (QED) is 0.155. The van der Waals surface area contributed by atoms with E-state index in [1.165, 1.54) is 16.2 Å². The van der Waals surface area contributed by atoms with Gasteiger partial charge in [0.2, 0.25) is 0 Å². The van der Waals surface area contributed by atoms with E-state index in [0.29, 0.717) is 0 Å². The summed E-state index contributed by atoms with van der Waals surface area (Å²) in [5.74, 6) is 0. The van der Waals surface area contributed by atoms with E-state index >= 15 is 0 Å². The van der Waals surface area contributed by atoms with Crippen LogP contribution in [0.1, 0.15) is 0 Å². The maximum absolute atomic E-state index is 5.54. The maximum Gasteiger partial charge on any atom is 0.0788 e. The zero-order valence-electron chi connectivity index (χ0n) is 30.0. The largest absolute Gasteiger partial charge is 0.310 e. The molecule has 10 aromatic rings. The molecule has 0 fully saturated rings. The number of aromatic nitrogens is 2. The molecular formula is C52H35N3. The number of fused-ring (bicyclic) bond motifs is 5. The molecule has 0 saturated carbocycles. The Balaban J connectivity index is 1.26. The van der Waals surface area contributed by atoms with Gasteiger partial charge in [0.25, 0.3) is 0 Å². The summed E-state index contributed by atoms with van der Waals surface area (Å²) in [6.45, 7) is 0. The molecule has 3 heteroatoms. The minimum atomic E-state index is 0.940. The number of hydrogen-bond donors (Lipinski definition) is 0. The summed E-state index contributed by atoms with van der Waals surface area (Å²) >= 11 is 0. The fraction of sp³-hybridized carbons (Fsp3) is 0. The van der Waals surface area contributed by atoms with Crippen molar-refractivity contribution < 1.29 is 0 Å². The van der Waals surface area contributed by atoms with Gasteiger partial charge in [0.05, 0.1) is 22.6 Å². The van der Waals surface area contributed by atoms with Crippen molar-refractivity contribution in [1.82, 2.24) is 9.97 Å². The normalized spacial score (nSPS) is 11.3. The standard InChI is InChI=1S/C52H35N3/c1-6-18-36(19-7-1)48-32-39(33-49(53-48)37-20-8-2-9-21-37)46-35-47-51(44-29-17-16-28-43(44)46)45-31-30-42(34-50(45)54-52(47)38-22-10-3-11-23-38)55(40-24-12-4-13-25-40)41-26-14-5-15-27-41/h1-35H. The maximum atomic E-state index is 5.54. The summed E-state index contributed by atoms with van der Waals surface area (Å²) in [7, 11) is 0. The van der Waals surface area contributed by atoms with Crippen LogP contribution in [0.5, 0.6) is 0 Å². The molecule has 258 valence electrons. The first-order chi connectivity index (χ1) is 27.3. The topological polar surface area (TPSA) is 29.0 Å². The fourth-order valence-electron chi connectivity index (χ4n) is 7.85. The average Bonchev–Trinajstić information content (AvgIpc) is 3.27. The van der Waals surface area contributed by atoms with Crippen LogP contribution in [-0.4, -0.2) is 9.97 Å². The average molecular weight is 702 g/mol. The lowest BCUT2D eigenvalue weighted by Gasteiger charge is -2.26. The van der Waals surface area contributed by atoms with Crippen molar-refractivity contribution in [2.45, 2.75) is 0 Å². The highest BCUT2D eigenvalue weighted by Crippen LogP contribution is 2.44. The molecule has 2 aromatic heterocycles. The van der Waals surface area contributed by atoms with Crippen LogP contribution < -0.4 is 4.90 Å². The van der Waals surface area contributed by atoms with Crippen LogP contribution in [-0.2, 0) is 0 Å².